The van der Waals surface area contributed by atoms with E-state index in [9.17, 15) is 0 Å². The van der Waals surface area contributed by atoms with Gasteiger partial charge in [-0.25, -0.2) is 4.98 Å². The predicted molar refractivity (Wildman–Crippen MR) is 62.4 cm³/mol. The molecule has 0 saturated heterocycles. The van der Waals surface area contributed by atoms with E-state index in [1.54, 1.807) is 0 Å². The van der Waals surface area contributed by atoms with Crippen molar-refractivity contribution in [2.75, 3.05) is 5.75 Å². The number of nitrogens with zero attached hydrogens (tertiary/aromatic N) is 2. The van der Waals surface area contributed by atoms with Gasteiger partial charge in [-0.2, -0.15) is 11.8 Å². The summed E-state index contributed by atoms with van der Waals surface area (Å²) in [6.45, 7) is 6.37. The normalized spacial score (nSPS) is 13.5. The summed E-state index contributed by atoms with van der Waals surface area (Å²) in [5, 5.41) is 0. The minimum absolute atomic E-state index is 0.274. The van der Waals surface area contributed by atoms with Crippen LogP contribution in [-0.2, 0) is 5.75 Å². The van der Waals surface area contributed by atoms with Crippen LogP contribution in [0, 0.1) is 0 Å². The van der Waals surface area contributed by atoms with Crippen molar-refractivity contribution in [1.82, 2.24) is 9.55 Å². The minimum atomic E-state index is 0.274. The second-order valence-electron chi connectivity index (χ2n) is 3.88. The van der Waals surface area contributed by atoms with Crippen molar-refractivity contribution in [2.24, 2.45) is 5.73 Å². The lowest BCUT2D eigenvalue weighted by atomic mass is 10.4. The van der Waals surface area contributed by atoms with E-state index < -0.39 is 0 Å². The molecule has 3 nitrogen and oxygen atoms in total. The van der Waals surface area contributed by atoms with Gasteiger partial charge in [0.25, 0.3) is 0 Å². The molecule has 0 aliphatic carbocycles. The van der Waals surface area contributed by atoms with E-state index in [1.165, 1.54) is 5.69 Å². The number of rotatable bonds is 5. The average Bonchev–Trinajstić information content (AvgIpc) is 2.51. The molecule has 0 fully saturated rings. The molecule has 1 aromatic heterocycles. The first-order chi connectivity index (χ1) is 6.61. The summed E-state index contributed by atoms with van der Waals surface area (Å²) < 4.78 is 2.20. The van der Waals surface area contributed by atoms with Crippen LogP contribution in [0.5, 0.6) is 0 Å². The lowest BCUT2D eigenvalue weighted by Crippen LogP contribution is -2.17. The Morgan fingerprint density at radius 2 is 2.21 bits per heavy atom. The van der Waals surface area contributed by atoms with Crippen LogP contribution in [0.2, 0.25) is 0 Å². The van der Waals surface area contributed by atoms with Gasteiger partial charge in [-0.15, -0.1) is 0 Å². The van der Waals surface area contributed by atoms with Crippen LogP contribution in [-0.4, -0.2) is 21.3 Å². The highest BCUT2D eigenvalue weighted by molar-refractivity contribution is 7.98. The Balaban J connectivity index is 2.46. The van der Waals surface area contributed by atoms with Crippen molar-refractivity contribution >= 4 is 11.8 Å². The molecule has 1 unspecified atom stereocenters. The second-order valence-corrected chi connectivity index (χ2v) is 4.91. The van der Waals surface area contributed by atoms with E-state index in [2.05, 4.69) is 23.4 Å². The largest absolute Gasteiger partial charge is 0.331 e. The molecule has 0 amide bonds. The van der Waals surface area contributed by atoms with Gasteiger partial charge in [-0.1, -0.05) is 0 Å². The Hall–Kier alpha value is -0.480. The van der Waals surface area contributed by atoms with Crippen LogP contribution in [0.25, 0.3) is 0 Å². The summed E-state index contributed by atoms with van der Waals surface area (Å²) in [4.78, 5) is 4.16. The van der Waals surface area contributed by atoms with Crippen LogP contribution < -0.4 is 5.73 Å². The topological polar surface area (TPSA) is 43.8 Å². The van der Waals surface area contributed by atoms with Crippen LogP contribution in [0.4, 0.5) is 0 Å². The Morgan fingerprint density at radius 1 is 1.50 bits per heavy atom. The van der Waals surface area contributed by atoms with Crippen molar-refractivity contribution in [3.05, 3.63) is 18.2 Å². The maximum absolute atomic E-state index is 5.69. The SMILES string of the molecule is CC(N)CSCc1cncn1C(C)C. The third kappa shape index (κ3) is 3.35. The third-order valence-corrected chi connectivity index (χ3v) is 3.19. The number of hydrogen-bond donors (Lipinski definition) is 1. The molecule has 0 aromatic carbocycles. The first-order valence-electron chi connectivity index (χ1n) is 4.95. The molecule has 2 N–H and O–H groups in total. The van der Waals surface area contributed by atoms with Gasteiger partial charge in [-0.3, -0.25) is 0 Å². The molecular formula is C10H19N3S. The van der Waals surface area contributed by atoms with Crippen LogP contribution >= 0.6 is 11.8 Å². The molecule has 0 aliphatic heterocycles. The van der Waals surface area contributed by atoms with Gasteiger partial charge in [0.15, 0.2) is 0 Å². The van der Waals surface area contributed by atoms with Gasteiger partial charge in [-0.05, 0) is 20.8 Å². The molecule has 0 spiro atoms. The molecule has 1 rings (SSSR count). The number of aromatic nitrogens is 2. The third-order valence-electron chi connectivity index (χ3n) is 1.93. The quantitative estimate of drug-likeness (QED) is 0.814. The summed E-state index contributed by atoms with van der Waals surface area (Å²) in [7, 11) is 0. The van der Waals surface area contributed by atoms with Crippen molar-refractivity contribution in [1.29, 1.82) is 0 Å². The first-order valence-corrected chi connectivity index (χ1v) is 6.10. The zero-order valence-electron chi connectivity index (χ0n) is 9.10. The fourth-order valence-electron chi connectivity index (χ4n) is 1.26. The smallest absolute Gasteiger partial charge is 0.0950 e. The summed E-state index contributed by atoms with van der Waals surface area (Å²) in [5.74, 6) is 2.00. The maximum atomic E-state index is 5.69. The number of hydrogen-bond acceptors (Lipinski definition) is 3. The van der Waals surface area contributed by atoms with Crippen molar-refractivity contribution in [3.63, 3.8) is 0 Å². The lowest BCUT2D eigenvalue weighted by Gasteiger charge is -2.11. The Morgan fingerprint density at radius 3 is 2.79 bits per heavy atom. The molecule has 1 aromatic rings. The van der Waals surface area contributed by atoms with E-state index in [0.29, 0.717) is 6.04 Å². The molecule has 14 heavy (non-hydrogen) atoms. The van der Waals surface area contributed by atoms with E-state index in [0.717, 1.165) is 11.5 Å². The summed E-state index contributed by atoms with van der Waals surface area (Å²) in [6, 6.07) is 0.763. The fourth-order valence-corrected chi connectivity index (χ4v) is 2.18. The summed E-state index contributed by atoms with van der Waals surface area (Å²) in [6.07, 6.45) is 3.83. The van der Waals surface area contributed by atoms with Crippen LogP contribution in [0.1, 0.15) is 32.5 Å². The van der Waals surface area contributed by atoms with E-state index in [4.69, 9.17) is 5.73 Å². The van der Waals surface area contributed by atoms with Crippen LogP contribution in [0.15, 0.2) is 12.5 Å². The Kier molecular flexibility index (Phi) is 4.48. The zero-order chi connectivity index (χ0) is 10.6. The number of nitrogens with two attached hydrogens (primary N) is 1. The van der Waals surface area contributed by atoms with Crippen molar-refractivity contribution in [2.45, 2.75) is 38.6 Å². The molecular weight excluding hydrogens is 194 g/mol. The molecule has 4 heteroatoms. The average molecular weight is 213 g/mol. The molecule has 1 heterocycles. The highest BCUT2D eigenvalue weighted by Gasteiger charge is 2.05. The van der Waals surface area contributed by atoms with Gasteiger partial charge in [0, 0.05) is 35.5 Å². The van der Waals surface area contributed by atoms with Gasteiger partial charge in [0.05, 0.1) is 6.33 Å². The van der Waals surface area contributed by atoms with E-state index in [1.807, 2.05) is 31.2 Å². The summed E-state index contributed by atoms with van der Waals surface area (Å²) >= 11 is 1.86. The predicted octanol–water partition coefficient (Wildman–Crippen LogP) is 2.04. The second kappa shape index (κ2) is 5.41. The first kappa shape index (κ1) is 11.6. The molecule has 0 saturated carbocycles. The van der Waals surface area contributed by atoms with Gasteiger partial charge >= 0.3 is 0 Å². The van der Waals surface area contributed by atoms with E-state index in [-0.39, 0.29) is 6.04 Å². The highest BCUT2D eigenvalue weighted by atomic mass is 32.2. The standard InChI is InChI=1S/C10H19N3S/c1-8(2)13-7-12-4-10(13)6-14-5-9(3)11/h4,7-9H,5-6,11H2,1-3H3. The molecule has 80 valence electrons. The fraction of sp³-hybridized carbons (Fsp3) is 0.700. The zero-order valence-corrected chi connectivity index (χ0v) is 9.92. The molecule has 1 atom stereocenters. The van der Waals surface area contributed by atoms with Gasteiger partial charge in [0.1, 0.15) is 0 Å². The highest BCUT2D eigenvalue weighted by Crippen LogP contribution is 2.15. The molecule has 0 radical (unpaired) electrons. The van der Waals surface area contributed by atoms with Gasteiger partial charge in [0.2, 0.25) is 0 Å². The van der Waals surface area contributed by atoms with Gasteiger partial charge < -0.3 is 10.3 Å². The summed E-state index contributed by atoms with van der Waals surface area (Å²) in [5.41, 5.74) is 6.97. The number of thioether (sulfide) groups is 1. The van der Waals surface area contributed by atoms with Crippen molar-refractivity contribution < 1.29 is 0 Å². The van der Waals surface area contributed by atoms with Crippen molar-refractivity contribution in [3.8, 4) is 0 Å². The monoisotopic (exact) mass is 213 g/mol. The maximum Gasteiger partial charge on any atom is 0.0950 e. The number of imidazole rings is 1. The Bertz CT molecular complexity index is 268. The molecule has 0 aliphatic rings. The Labute approximate surface area is 90.1 Å². The molecule has 0 bridgehead atoms. The van der Waals surface area contributed by atoms with Crippen LogP contribution in [0.3, 0.4) is 0 Å². The van der Waals surface area contributed by atoms with E-state index >= 15 is 0 Å². The minimum Gasteiger partial charge on any atom is -0.331 e. The lowest BCUT2D eigenvalue weighted by molar-refractivity contribution is 0.584.